The Balaban J connectivity index is 1.47. The van der Waals surface area contributed by atoms with Crippen LogP contribution in [0.15, 0.2) is 36.7 Å². The number of ether oxygens (including phenoxy) is 1. The van der Waals surface area contributed by atoms with E-state index in [1.807, 2.05) is 37.3 Å². The van der Waals surface area contributed by atoms with E-state index < -0.39 is 12.3 Å². The first-order chi connectivity index (χ1) is 12.6. The first-order valence-corrected chi connectivity index (χ1v) is 8.82. The molecule has 2 aromatic rings. The fourth-order valence-electron chi connectivity index (χ4n) is 3.11. The molecule has 1 aliphatic rings. The minimum absolute atomic E-state index is 0.0764. The molecule has 0 aliphatic carbocycles. The van der Waals surface area contributed by atoms with Crippen LogP contribution in [0.3, 0.4) is 0 Å². The number of anilines is 1. The van der Waals surface area contributed by atoms with Gasteiger partial charge in [-0.05, 0) is 31.0 Å². The number of nitrogens with one attached hydrogen (secondary N) is 1. The lowest BCUT2D eigenvalue weighted by Crippen LogP contribution is -2.43. The van der Waals surface area contributed by atoms with Crippen LogP contribution >= 0.6 is 0 Å². The molecule has 1 saturated heterocycles. The van der Waals surface area contributed by atoms with Crippen molar-refractivity contribution in [3.63, 3.8) is 0 Å². The smallest absolute Gasteiger partial charge is 0.132 e. The van der Waals surface area contributed by atoms with Gasteiger partial charge in [-0.1, -0.05) is 12.1 Å². The average molecular weight is 360 g/mol. The van der Waals surface area contributed by atoms with Gasteiger partial charge in [0.15, 0.2) is 0 Å². The van der Waals surface area contributed by atoms with Crippen LogP contribution < -0.4 is 15.0 Å². The topological polar surface area (TPSA) is 70.5 Å². The molecule has 0 radical (unpaired) electrons. The fraction of sp³-hybridized carbons (Fsp3) is 0.474. The molecule has 26 heavy (non-hydrogen) atoms. The number of aryl methyl sites for hydroxylation is 1. The molecule has 2 heterocycles. The van der Waals surface area contributed by atoms with Crippen LogP contribution in [0.2, 0.25) is 0 Å². The predicted octanol–water partition coefficient (Wildman–Crippen LogP) is 1.86. The van der Waals surface area contributed by atoms with Gasteiger partial charge in [-0.2, -0.15) is 0 Å². The summed E-state index contributed by atoms with van der Waals surface area (Å²) in [5.41, 5.74) is 1.23. The minimum atomic E-state index is -0.775. The summed E-state index contributed by atoms with van der Waals surface area (Å²) in [5.74, 6) is 1.52. The zero-order valence-electron chi connectivity index (χ0n) is 15.0. The monoisotopic (exact) mass is 360 g/mol. The largest absolute Gasteiger partial charge is 0.491 e. The molecule has 1 aliphatic heterocycles. The number of rotatable bonds is 8. The van der Waals surface area contributed by atoms with Crippen LogP contribution in [0.25, 0.3) is 0 Å². The Kier molecular flexibility index (Phi) is 6.00. The first-order valence-electron chi connectivity index (χ1n) is 8.82. The van der Waals surface area contributed by atoms with Crippen molar-refractivity contribution in [2.45, 2.75) is 25.5 Å². The molecule has 3 rings (SSSR count). The fourth-order valence-corrected chi connectivity index (χ4v) is 3.11. The summed E-state index contributed by atoms with van der Waals surface area (Å²) in [5, 5.41) is 14.1. The van der Waals surface area contributed by atoms with Gasteiger partial charge < -0.3 is 20.1 Å². The average Bonchev–Trinajstić information content (AvgIpc) is 3.03. The van der Waals surface area contributed by atoms with Crippen LogP contribution in [0, 0.1) is 6.92 Å². The maximum Gasteiger partial charge on any atom is 0.132 e. The third-order valence-corrected chi connectivity index (χ3v) is 4.50. The number of halogens is 1. The maximum atomic E-state index is 12.1. The molecule has 0 unspecified atom stereocenters. The van der Waals surface area contributed by atoms with E-state index in [1.54, 1.807) is 6.33 Å². The molecule has 0 saturated carbocycles. The highest BCUT2D eigenvalue weighted by Crippen LogP contribution is 2.25. The molecular formula is C19H25FN4O2. The maximum absolute atomic E-state index is 12.1. The summed E-state index contributed by atoms with van der Waals surface area (Å²) in [6.07, 6.45) is 2.25. The standard InChI is InChI=1S/C19H25FN4O2/c1-15-10-18(23-14-22-15)24-8-6-19(25,13-24)12-21-11-16-2-4-17(5-3-16)26-9-7-20/h2-5,10,14,21,25H,6-9,11-13H2,1H3/t19-/m1/s1. The molecular weight excluding hydrogens is 335 g/mol. The number of alkyl halides is 1. The van der Waals surface area contributed by atoms with Gasteiger partial charge in [0, 0.05) is 37.9 Å². The summed E-state index contributed by atoms with van der Waals surface area (Å²) in [7, 11) is 0. The third-order valence-electron chi connectivity index (χ3n) is 4.50. The zero-order valence-corrected chi connectivity index (χ0v) is 15.0. The second-order valence-corrected chi connectivity index (χ2v) is 6.70. The van der Waals surface area contributed by atoms with Gasteiger partial charge >= 0.3 is 0 Å². The van der Waals surface area contributed by atoms with E-state index in [4.69, 9.17) is 4.74 Å². The molecule has 0 spiro atoms. The SMILES string of the molecule is Cc1cc(N2CC[C@@](O)(CNCc3ccc(OCCF)cc3)C2)ncn1. The van der Waals surface area contributed by atoms with Crippen molar-refractivity contribution in [2.75, 3.05) is 37.8 Å². The Labute approximate surface area is 153 Å². The Morgan fingerprint density at radius 2 is 2.12 bits per heavy atom. The summed E-state index contributed by atoms with van der Waals surface area (Å²) in [6.45, 7) is 4.00. The van der Waals surface area contributed by atoms with Gasteiger partial charge in [-0.3, -0.25) is 0 Å². The molecule has 1 aromatic carbocycles. The number of hydrogen-bond acceptors (Lipinski definition) is 6. The zero-order chi connectivity index (χ0) is 18.4. The molecule has 2 N–H and O–H groups in total. The number of aliphatic hydroxyl groups is 1. The molecule has 6 nitrogen and oxygen atoms in total. The minimum Gasteiger partial charge on any atom is -0.491 e. The van der Waals surface area contributed by atoms with E-state index >= 15 is 0 Å². The lowest BCUT2D eigenvalue weighted by molar-refractivity contribution is 0.0626. The van der Waals surface area contributed by atoms with Crippen molar-refractivity contribution in [3.05, 3.63) is 47.9 Å². The Bertz CT molecular complexity index is 713. The van der Waals surface area contributed by atoms with E-state index in [-0.39, 0.29) is 6.61 Å². The van der Waals surface area contributed by atoms with Crippen molar-refractivity contribution >= 4 is 5.82 Å². The van der Waals surface area contributed by atoms with Crippen molar-refractivity contribution in [1.29, 1.82) is 0 Å². The van der Waals surface area contributed by atoms with Crippen molar-refractivity contribution in [2.24, 2.45) is 0 Å². The number of nitrogens with zero attached hydrogens (tertiary/aromatic N) is 3. The van der Waals surface area contributed by atoms with Crippen molar-refractivity contribution < 1.29 is 14.2 Å². The quantitative estimate of drug-likeness (QED) is 0.749. The van der Waals surface area contributed by atoms with Gasteiger partial charge in [0.25, 0.3) is 0 Å². The Hall–Kier alpha value is -2.25. The molecule has 0 bridgehead atoms. The number of hydrogen-bond donors (Lipinski definition) is 2. The van der Waals surface area contributed by atoms with Crippen molar-refractivity contribution in [1.82, 2.24) is 15.3 Å². The Morgan fingerprint density at radius 1 is 1.31 bits per heavy atom. The van der Waals surface area contributed by atoms with E-state index in [2.05, 4.69) is 20.2 Å². The molecule has 0 amide bonds. The molecule has 140 valence electrons. The van der Waals surface area contributed by atoms with Gasteiger partial charge in [-0.25, -0.2) is 14.4 Å². The van der Waals surface area contributed by atoms with Crippen LogP contribution in [-0.4, -0.2) is 53.6 Å². The summed E-state index contributed by atoms with van der Waals surface area (Å²) < 4.78 is 17.3. The highest BCUT2D eigenvalue weighted by molar-refractivity contribution is 5.41. The van der Waals surface area contributed by atoms with Gasteiger partial charge in [0.05, 0.1) is 5.60 Å². The second kappa shape index (κ2) is 8.42. The number of aromatic nitrogens is 2. The summed E-state index contributed by atoms with van der Waals surface area (Å²) in [4.78, 5) is 10.5. The molecule has 1 fully saturated rings. The predicted molar refractivity (Wildman–Crippen MR) is 98.2 cm³/mol. The van der Waals surface area contributed by atoms with Gasteiger partial charge in [-0.15, -0.1) is 0 Å². The lowest BCUT2D eigenvalue weighted by Gasteiger charge is -2.24. The van der Waals surface area contributed by atoms with Crippen LogP contribution in [0.5, 0.6) is 5.75 Å². The second-order valence-electron chi connectivity index (χ2n) is 6.70. The molecule has 1 atom stereocenters. The Morgan fingerprint density at radius 3 is 2.85 bits per heavy atom. The number of benzene rings is 1. The van der Waals surface area contributed by atoms with E-state index in [0.29, 0.717) is 31.8 Å². The first kappa shape index (κ1) is 18.5. The number of β-amino-alcohol motifs (C(OH)–C–C–N with tert-alkyl or cyclic N) is 1. The molecule has 1 aromatic heterocycles. The third kappa shape index (κ3) is 4.89. The summed E-state index contributed by atoms with van der Waals surface area (Å²) >= 11 is 0. The highest BCUT2D eigenvalue weighted by atomic mass is 19.1. The lowest BCUT2D eigenvalue weighted by atomic mass is 10.0. The highest BCUT2D eigenvalue weighted by Gasteiger charge is 2.36. The van der Waals surface area contributed by atoms with E-state index in [9.17, 15) is 9.50 Å². The van der Waals surface area contributed by atoms with Crippen LogP contribution in [0.1, 0.15) is 17.7 Å². The summed E-state index contributed by atoms with van der Waals surface area (Å²) in [6, 6.07) is 9.47. The van der Waals surface area contributed by atoms with Gasteiger partial charge in [0.1, 0.15) is 31.2 Å². The van der Waals surface area contributed by atoms with Crippen LogP contribution in [-0.2, 0) is 6.54 Å². The van der Waals surface area contributed by atoms with E-state index in [0.717, 1.165) is 23.6 Å². The van der Waals surface area contributed by atoms with E-state index in [1.165, 1.54) is 0 Å². The van der Waals surface area contributed by atoms with Gasteiger partial charge in [0.2, 0.25) is 0 Å². The normalized spacial score (nSPS) is 19.7. The van der Waals surface area contributed by atoms with Crippen molar-refractivity contribution in [3.8, 4) is 5.75 Å². The van der Waals surface area contributed by atoms with Crippen LogP contribution in [0.4, 0.5) is 10.2 Å². The molecule has 7 heteroatoms.